The molecule has 0 aliphatic heterocycles. The molecule has 30 heavy (non-hydrogen) atoms. The lowest BCUT2D eigenvalue weighted by Crippen LogP contribution is -2.22. The summed E-state index contributed by atoms with van der Waals surface area (Å²) in [6, 6.07) is 8.88. The maximum Gasteiger partial charge on any atom is 0.312 e. The van der Waals surface area contributed by atoms with Crippen LogP contribution in [0.4, 0.5) is 17.1 Å². The van der Waals surface area contributed by atoms with Gasteiger partial charge in [-0.25, -0.2) is 0 Å². The molecular formula is C19H21N7O4. The Kier molecular flexibility index (Phi) is 5.90. The quantitative estimate of drug-likeness (QED) is 0.453. The van der Waals surface area contributed by atoms with Crippen molar-refractivity contribution in [2.75, 3.05) is 10.6 Å². The van der Waals surface area contributed by atoms with Crippen molar-refractivity contribution in [2.24, 2.45) is 0 Å². The molecule has 0 atom stereocenters. The summed E-state index contributed by atoms with van der Waals surface area (Å²) in [6.07, 6.45) is 1.56. The Hall–Kier alpha value is -4.02. The van der Waals surface area contributed by atoms with Crippen LogP contribution in [-0.4, -0.2) is 36.3 Å². The molecule has 3 rings (SSSR count). The predicted molar refractivity (Wildman–Crippen MR) is 109 cm³/mol. The number of nitrogens with one attached hydrogen (secondary N) is 2. The molecule has 0 unspecified atom stereocenters. The summed E-state index contributed by atoms with van der Waals surface area (Å²) in [7, 11) is 0. The molecular weight excluding hydrogens is 390 g/mol. The van der Waals surface area contributed by atoms with E-state index >= 15 is 0 Å². The first-order chi connectivity index (χ1) is 14.3. The van der Waals surface area contributed by atoms with Gasteiger partial charge < -0.3 is 10.6 Å². The largest absolute Gasteiger partial charge is 0.321 e. The number of benzene rings is 1. The fourth-order valence-corrected chi connectivity index (χ4v) is 2.99. The minimum absolute atomic E-state index is 0.0633. The molecule has 2 amide bonds. The van der Waals surface area contributed by atoms with Crippen molar-refractivity contribution in [3.8, 4) is 0 Å². The monoisotopic (exact) mass is 411 g/mol. The van der Waals surface area contributed by atoms with Crippen molar-refractivity contribution < 1.29 is 14.5 Å². The fraction of sp³-hybridized carbons (Fsp3) is 0.263. The maximum atomic E-state index is 12.7. The Morgan fingerprint density at radius 2 is 1.83 bits per heavy atom. The van der Waals surface area contributed by atoms with Gasteiger partial charge in [-0.1, -0.05) is 18.2 Å². The molecule has 0 fully saturated rings. The van der Waals surface area contributed by atoms with Crippen LogP contribution in [0.1, 0.15) is 28.8 Å². The second kappa shape index (κ2) is 8.55. The molecule has 2 heterocycles. The Morgan fingerprint density at radius 3 is 2.43 bits per heavy atom. The van der Waals surface area contributed by atoms with Gasteiger partial charge in [-0.2, -0.15) is 10.2 Å². The van der Waals surface area contributed by atoms with Crippen LogP contribution in [0.3, 0.4) is 0 Å². The van der Waals surface area contributed by atoms with E-state index in [-0.39, 0.29) is 35.0 Å². The topological polar surface area (TPSA) is 137 Å². The zero-order valence-electron chi connectivity index (χ0n) is 16.7. The van der Waals surface area contributed by atoms with E-state index in [0.717, 1.165) is 0 Å². The number of carbonyl (C=O) groups is 2. The van der Waals surface area contributed by atoms with E-state index in [1.165, 1.54) is 23.2 Å². The van der Waals surface area contributed by atoms with Crippen LogP contribution in [0.2, 0.25) is 0 Å². The minimum atomic E-state index is -0.524. The van der Waals surface area contributed by atoms with Crippen molar-refractivity contribution >= 4 is 28.9 Å². The molecule has 0 spiro atoms. The SMILES string of the molecule is CCn1cc(NC(=O)Cn2nc(C)c([N+](=O)[O-])c2C)c(C(=O)Nc2ccccc2)n1. The number of nitrogens with zero attached hydrogens (tertiary/aromatic N) is 5. The van der Waals surface area contributed by atoms with Gasteiger partial charge in [-0.15, -0.1) is 0 Å². The predicted octanol–water partition coefficient (Wildman–Crippen LogP) is 2.52. The third-order valence-corrected chi connectivity index (χ3v) is 4.43. The molecule has 0 bridgehead atoms. The summed E-state index contributed by atoms with van der Waals surface area (Å²) in [5.74, 6) is -0.953. The summed E-state index contributed by atoms with van der Waals surface area (Å²) in [5.41, 5.74) is 1.29. The van der Waals surface area contributed by atoms with Crippen LogP contribution < -0.4 is 10.6 Å². The molecule has 0 aliphatic rings. The van der Waals surface area contributed by atoms with Crippen molar-refractivity contribution in [3.63, 3.8) is 0 Å². The normalized spacial score (nSPS) is 10.6. The van der Waals surface area contributed by atoms with E-state index in [2.05, 4.69) is 20.8 Å². The van der Waals surface area contributed by atoms with Gasteiger partial charge in [0.05, 0.1) is 10.6 Å². The van der Waals surface area contributed by atoms with E-state index in [4.69, 9.17) is 0 Å². The van der Waals surface area contributed by atoms with Gasteiger partial charge in [0.25, 0.3) is 5.91 Å². The lowest BCUT2D eigenvalue weighted by Gasteiger charge is -2.07. The molecule has 0 saturated heterocycles. The van der Waals surface area contributed by atoms with Gasteiger partial charge in [-0.05, 0) is 32.9 Å². The summed E-state index contributed by atoms with van der Waals surface area (Å²) >= 11 is 0. The number of carbonyl (C=O) groups excluding carboxylic acids is 2. The summed E-state index contributed by atoms with van der Waals surface area (Å²) in [6.45, 7) is 5.16. The molecule has 11 heteroatoms. The van der Waals surface area contributed by atoms with Gasteiger partial charge in [0.2, 0.25) is 5.91 Å². The zero-order valence-corrected chi connectivity index (χ0v) is 16.7. The van der Waals surface area contributed by atoms with Crippen LogP contribution in [0.25, 0.3) is 0 Å². The van der Waals surface area contributed by atoms with Crippen molar-refractivity contribution in [3.05, 3.63) is 63.7 Å². The Morgan fingerprint density at radius 1 is 1.13 bits per heavy atom. The summed E-state index contributed by atoms with van der Waals surface area (Å²) in [5, 5.41) is 24.8. The highest BCUT2D eigenvalue weighted by molar-refractivity contribution is 6.08. The van der Waals surface area contributed by atoms with Crippen LogP contribution in [0.15, 0.2) is 36.5 Å². The van der Waals surface area contributed by atoms with Gasteiger partial charge in [0, 0.05) is 18.4 Å². The highest BCUT2D eigenvalue weighted by Gasteiger charge is 2.24. The number of aromatic nitrogens is 4. The first kappa shape index (κ1) is 20.7. The average Bonchev–Trinajstić information content (AvgIpc) is 3.22. The Bertz CT molecular complexity index is 1100. The molecule has 0 aliphatic carbocycles. The fourth-order valence-electron chi connectivity index (χ4n) is 2.99. The van der Waals surface area contributed by atoms with Crippen LogP contribution in [0, 0.1) is 24.0 Å². The number of nitro groups is 1. The molecule has 0 radical (unpaired) electrons. The van der Waals surface area contributed by atoms with Gasteiger partial charge in [0.1, 0.15) is 17.9 Å². The lowest BCUT2D eigenvalue weighted by molar-refractivity contribution is -0.386. The summed E-state index contributed by atoms with van der Waals surface area (Å²) in [4.78, 5) is 35.8. The third-order valence-electron chi connectivity index (χ3n) is 4.43. The Labute approximate surface area is 171 Å². The minimum Gasteiger partial charge on any atom is -0.321 e. The van der Waals surface area contributed by atoms with E-state index in [9.17, 15) is 19.7 Å². The van der Waals surface area contributed by atoms with Crippen molar-refractivity contribution in [1.29, 1.82) is 0 Å². The highest BCUT2D eigenvalue weighted by atomic mass is 16.6. The molecule has 2 aromatic heterocycles. The summed E-state index contributed by atoms with van der Waals surface area (Å²) < 4.78 is 2.79. The molecule has 2 N–H and O–H groups in total. The van der Waals surface area contributed by atoms with Gasteiger partial charge >= 0.3 is 5.69 Å². The van der Waals surface area contributed by atoms with Gasteiger partial charge in [0.15, 0.2) is 5.69 Å². The van der Waals surface area contributed by atoms with Crippen molar-refractivity contribution in [1.82, 2.24) is 19.6 Å². The van der Waals surface area contributed by atoms with Gasteiger partial charge in [-0.3, -0.25) is 29.1 Å². The second-order valence-corrected chi connectivity index (χ2v) is 6.55. The number of hydrogen-bond donors (Lipinski definition) is 2. The van der Waals surface area contributed by atoms with E-state index in [1.807, 2.05) is 13.0 Å². The lowest BCUT2D eigenvalue weighted by atomic mass is 10.3. The number of anilines is 2. The first-order valence-electron chi connectivity index (χ1n) is 9.22. The maximum absolute atomic E-state index is 12.7. The van der Waals surface area contributed by atoms with Crippen LogP contribution >= 0.6 is 0 Å². The third kappa shape index (κ3) is 4.35. The van der Waals surface area contributed by atoms with E-state index in [0.29, 0.717) is 12.2 Å². The Balaban J connectivity index is 1.78. The number of para-hydroxylation sites is 1. The number of aryl methyl sites for hydroxylation is 2. The molecule has 156 valence electrons. The first-order valence-corrected chi connectivity index (χ1v) is 9.22. The second-order valence-electron chi connectivity index (χ2n) is 6.55. The molecule has 3 aromatic rings. The van der Waals surface area contributed by atoms with E-state index in [1.54, 1.807) is 30.5 Å². The highest BCUT2D eigenvalue weighted by Crippen LogP contribution is 2.22. The number of hydrogen-bond acceptors (Lipinski definition) is 6. The number of rotatable bonds is 7. The molecule has 11 nitrogen and oxygen atoms in total. The smallest absolute Gasteiger partial charge is 0.312 e. The van der Waals surface area contributed by atoms with Crippen LogP contribution in [-0.2, 0) is 17.9 Å². The average molecular weight is 411 g/mol. The molecule has 1 aromatic carbocycles. The van der Waals surface area contributed by atoms with Crippen LogP contribution in [0.5, 0.6) is 0 Å². The standard InChI is InChI=1S/C19H21N7O4/c1-4-24-10-15(17(23-24)19(28)20-14-8-6-5-7-9-14)21-16(27)11-25-13(3)18(26(29)30)12(2)22-25/h5-10H,4,11H2,1-3H3,(H,20,28)(H,21,27). The van der Waals surface area contributed by atoms with E-state index < -0.39 is 16.7 Å². The number of amides is 2. The van der Waals surface area contributed by atoms with Crippen molar-refractivity contribution in [2.45, 2.75) is 33.9 Å². The zero-order chi connectivity index (χ0) is 21.8. The molecule has 0 saturated carbocycles.